The molecule has 4 heteroatoms. The summed E-state index contributed by atoms with van der Waals surface area (Å²) in [6, 6.07) is 9.71. The number of hydrogen-bond donors (Lipinski definition) is 2. The summed E-state index contributed by atoms with van der Waals surface area (Å²) in [6.45, 7) is 5.42. The number of carbonyl (C=O) groups excluding carboxylic acids is 1. The number of piperidine rings is 1. The first-order chi connectivity index (χ1) is 12.6. The molecule has 4 rings (SSSR count). The van der Waals surface area contributed by atoms with Gasteiger partial charge in [-0.15, -0.1) is 0 Å². The molecule has 0 bridgehead atoms. The zero-order valence-electron chi connectivity index (χ0n) is 15.6. The first kappa shape index (κ1) is 17.7. The number of nitrogens with one attached hydrogen (secondary N) is 1. The zero-order valence-corrected chi connectivity index (χ0v) is 15.6. The molecule has 1 aliphatic heterocycles. The molecule has 1 heterocycles. The topological polar surface area (TPSA) is 52.6 Å². The smallest absolute Gasteiger partial charge is 0.257 e. The van der Waals surface area contributed by atoms with Gasteiger partial charge in [-0.2, -0.15) is 0 Å². The average Bonchev–Trinajstić information content (AvgIpc) is 3.57. The number of allylic oxidation sites excluding steroid dienone is 1. The van der Waals surface area contributed by atoms with Crippen LogP contribution in [0.15, 0.2) is 42.5 Å². The molecular weight excluding hydrogens is 324 g/mol. The van der Waals surface area contributed by atoms with E-state index in [9.17, 15) is 9.90 Å². The molecule has 2 unspecified atom stereocenters. The first-order valence-electron chi connectivity index (χ1n) is 10.1. The highest BCUT2D eigenvalue weighted by atomic mass is 16.3. The Morgan fingerprint density at radius 1 is 1.23 bits per heavy atom. The van der Waals surface area contributed by atoms with Crippen LogP contribution in [-0.2, 0) is 10.4 Å². The predicted octanol–water partition coefficient (Wildman–Crippen LogP) is 2.69. The molecule has 4 atom stereocenters. The van der Waals surface area contributed by atoms with Gasteiger partial charge < -0.3 is 15.3 Å². The van der Waals surface area contributed by atoms with Crippen LogP contribution in [0.25, 0.3) is 0 Å². The van der Waals surface area contributed by atoms with E-state index >= 15 is 0 Å². The Balaban J connectivity index is 1.32. The summed E-state index contributed by atoms with van der Waals surface area (Å²) in [7, 11) is 0. The zero-order chi connectivity index (χ0) is 18.1. The van der Waals surface area contributed by atoms with Crippen molar-refractivity contribution >= 4 is 5.91 Å². The summed E-state index contributed by atoms with van der Waals surface area (Å²) in [6.07, 6.45) is 8.55. The molecule has 26 heavy (non-hydrogen) atoms. The van der Waals surface area contributed by atoms with E-state index in [0.717, 1.165) is 50.9 Å². The molecule has 0 aromatic heterocycles. The molecule has 140 valence electrons. The molecule has 2 saturated carbocycles. The van der Waals surface area contributed by atoms with Crippen molar-refractivity contribution < 1.29 is 9.90 Å². The lowest BCUT2D eigenvalue weighted by atomic mass is 9.87. The van der Waals surface area contributed by atoms with E-state index in [1.165, 1.54) is 0 Å². The third-order valence-electron chi connectivity index (χ3n) is 6.31. The highest BCUT2D eigenvalue weighted by Gasteiger charge is 2.59. The van der Waals surface area contributed by atoms with Crippen LogP contribution in [-0.4, -0.2) is 41.6 Å². The Labute approximate surface area is 156 Å². The Morgan fingerprint density at radius 3 is 2.54 bits per heavy atom. The first-order valence-corrected chi connectivity index (χ1v) is 10.1. The number of carbonyl (C=O) groups is 1. The number of hydrogen-bond acceptors (Lipinski definition) is 3. The van der Waals surface area contributed by atoms with Crippen LogP contribution in [0.3, 0.4) is 0 Å². The molecular formula is C22H30N2O2. The third kappa shape index (κ3) is 3.33. The molecule has 2 aliphatic carbocycles. The van der Waals surface area contributed by atoms with Crippen LogP contribution in [0.4, 0.5) is 0 Å². The predicted molar refractivity (Wildman–Crippen MR) is 102 cm³/mol. The molecule has 0 spiro atoms. The van der Waals surface area contributed by atoms with E-state index in [0.29, 0.717) is 11.8 Å². The van der Waals surface area contributed by atoms with E-state index in [1.54, 1.807) is 0 Å². The summed E-state index contributed by atoms with van der Waals surface area (Å²) >= 11 is 0. The fourth-order valence-corrected chi connectivity index (χ4v) is 4.56. The quantitative estimate of drug-likeness (QED) is 0.706. The second kappa shape index (κ2) is 7.16. The Morgan fingerprint density at radius 2 is 1.92 bits per heavy atom. The molecule has 3 aliphatic rings. The van der Waals surface area contributed by atoms with Crippen LogP contribution in [0.1, 0.15) is 38.2 Å². The summed E-state index contributed by atoms with van der Waals surface area (Å²) in [5.41, 5.74) is -0.627. The molecule has 4 nitrogen and oxygen atoms in total. The second-order valence-corrected chi connectivity index (χ2v) is 8.16. The lowest BCUT2D eigenvalue weighted by Crippen LogP contribution is -2.48. The van der Waals surface area contributed by atoms with Gasteiger partial charge in [-0.05, 0) is 43.1 Å². The SMILES string of the molecule is CC/C=C/CCN1C[C@@H]2C(NC(=O)C(O)(c3ccccc3)C3CC3)[C@@H]2C1. The number of fused-ring (bicyclic) bond motifs is 1. The fraction of sp³-hybridized carbons (Fsp3) is 0.591. The highest BCUT2D eigenvalue weighted by Crippen LogP contribution is 2.49. The number of amides is 1. The Hall–Kier alpha value is -1.65. The largest absolute Gasteiger partial charge is 0.375 e. The van der Waals surface area contributed by atoms with Crippen LogP contribution in [0, 0.1) is 17.8 Å². The number of rotatable bonds is 8. The van der Waals surface area contributed by atoms with Crippen molar-refractivity contribution in [3.63, 3.8) is 0 Å². The normalized spacial score (nSPS) is 30.2. The number of nitrogens with zero attached hydrogens (tertiary/aromatic N) is 1. The maximum absolute atomic E-state index is 13.0. The molecule has 1 saturated heterocycles. The van der Waals surface area contributed by atoms with Gasteiger partial charge in [0.2, 0.25) is 0 Å². The minimum absolute atomic E-state index is 0.0605. The van der Waals surface area contributed by atoms with Crippen molar-refractivity contribution in [2.24, 2.45) is 17.8 Å². The van der Waals surface area contributed by atoms with Crippen molar-refractivity contribution in [1.29, 1.82) is 0 Å². The van der Waals surface area contributed by atoms with E-state index in [2.05, 4.69) is 29.3 Å². The lowest BCUT2D eigenvalue weighted by molar-refractivity contribution is -0.143. The van der Waals surface area contributed by atoms with Gasteiger partial charge in [0.1, 0.15) is 0 Å². The van der Waals surface area contributed by atoms with Gasteiger partial charge in [-0.1, -0.05) is 49.4 Å². The fourth-order valence-electron chi connectivity index (χ4n) is 4.56. The Kier molecular flexibility index (Phi) is 4.89. The number of benzene rings is 1. The van der Waals surface area contributed by atoms with Crippen LogP contribution < -0.4 is 5.32 Å². The average molecular weight is 354 g/mol. The standard InChI is InChI=1S/C22H30N2O2/c1-2-3-4-8-13-24-14-18-19(15-24)20(18)23-21(25)22(26,17-11-12-17)16-9-6-5-7-10-16/h3-7,9-10,17-20,26H,2,8,11-15H2,1H3,(H,23,25)/b4-3+/t18-,19+,20?,22?. The van der Waals surface area contributed by atoms with E-state index < -0.39 is 5.60 Å². The number of likely N-dealkylation sites (tertiary alicyclic amines) is 1. The molecule has 0 radical (unpaired) electrons. The Bertz CT molecular complexity index is 658. The van der Waals surface area contributed by atoms with Crippen molar-refractivity contribution in [2.75, 3.05) is 19.6 Å². The second-order valence-electron chi connectivity index (χ2n) is 8.16. The van der Waals surface area contributed by atoms with Gasteiger partial charge in [-0.3, -0.25) is 4.79 Å². The highest BCUT2D eigenvalue weighted by molar-refractivity contribution is 5.87. The minimum Gasteiger partial charge on any atom is -0.375 e. The van der Waals surface area contributed by atoms with Crippen LogP contribution >= 0.6 is 0 Å². The lowest BCUT2D eigenvalue weighted by Gasteiger charge is -2.28. The number of aliphatic hydroxyl groups is 1. The van der Waals surface area contributed by atoms with Crippen molar-refractivity contribution in [3.8, 4) is 0 Å². The van der Waals surface area contributed by atoms with Crippen LogP contribution in [0.5, 0.6) is 0 Å². The monoisotopic (exact) mass is 354 g/mol. The summed E-state index contributed by atoms with van der Waals surface area (Å²) < 4.78 is 0. The molecule has 2 N–H and O–H groups in total. The van der Waals surface area contributed by atoms with Gasteiger partial charge in [0.25, 0.3) is 5.91 Å². The van der Waals surface area contributed by atoms with Crippen molar-refractivity contribution in [3.05, 3.63) is 48.0 Å². The third-order valence-corrected chi connectivity index (χ3v) is 6.31. The molecule has 3 fully saturated rings. The minimum atomic E-state index is -1.36. The van der Waals surface area contributed by atoms with Gasteiger partial charge in [0.05, 0.1) is 0 Å². The summed E-state index contributed by atoms with van der Waals surface area (Å²) in [5.74, 6) is 0.995. The maximum Gasteiger partial charge on any atom is 0.257 e. The van der Waals surface area contributed by atoms with Gasteiger partial charge >= 0.3 is 0 Å². The van der Waals surface area contributed by atoms with Crippen LogP contribution in [0.2, 0.25) is 0 Å². The van der Waals surface area contributed by atoms with E-state index in [-0.39, 0.29) is 17.9 Å². The van der Waals surface area contributed by atoms with E-state index in [4.69, 9.17) is 0 Å². The summed E-state index contributed by atoms with van der Waals surface area (Å²) in [4.78, 5) is 15.5. The van der Waals surface area contributed by atoms with Crippen molar-refractivity contribution in [2.45, 2.75) is 44.2 Å². The summed E-state index contributed by atoms with van der Waals surface area (Å²) in [5, 5.41) is 14.4. The van der Waals surface area contributed by atoms with Gasteiger partial charge in [0.15, 0.2) is 5.60 Å². The maximum atomic E-state index is 13.0. The van der Waals surface area contributed by atoms with Gasteiger partial charge in [-0.25, -0.2) is 0 Å². The molecule has 1 aromatic rings. The molecule has 1 amide bonds. The molecule has 1 aromatic carbocycles. The van der Waals surface area contributed by atoms with Gasteiger partial charge in [0, 0.05) is 31.6 Å². The van der Waals surface area contributed by atoms with E-state index in [1.807, 2.05) is 30.3 Å². The van der Waals surface area contributed by atoms with Crippen molar-refractivity contribution in [1.82, 2.24) is 10.2 Å².